The van der Waals surface area contributed by atoms with Crippen LogP contribution in [0.5, 0.6) is 0 Å². The predicted molar refractivity (Wildman–Crippen MR) is 106 cm³/mol. The molecular formula is C20H27N5O2. The van der Waals surface area contributed by atoms with Crippen LogP contribution in [0.25, 0.3) is 11.0 Å². The van der Waals surface area contributed by atoms with Gasteiger partial charge in [0.1, 0.15) is 0 Å². The first-order valence-corrected chi connectivity index (χ1v) is 9.85. The number of nitrogens with one attached hydrogen (secondary N) is 2. The molecule has 1 aromatic heterocycles. The van der Waals surface area contributed by atoms with Crippen LogP contribution in [0, 0.1) is 0 Å². The SMILES string of the molecule is CNCCN(C=O)c1nc2ccccc2n(C2CC3CCCC(C2)N3)c1=O. The monoisotopic (exact) mass is 369 g/mol. The molecule has 4 rings (SSSR count). The van der Waals surface area contributed by atoms with Crippen LogP contribution < -0.4 is 21.1 Å². The molecule has 1 aromatic carbocycles. The number of carbonyl (C=O) groups excluding carboxylic acids is 1. The normalized spacial score (nSPS) is 24.7. The highest BCUT2D eigenvalue weighted by atomic mass is 16.1. The molecule has 144 valence electrons. The van der Waals surface area contributed by atoms with Crippen molar-refractivity contribution in [1.82, 2.24) is 20.2 Å². The number of benzene rings is 1. The summed E-state index contributed by atoms with van der Waals surface area (Å²) in [5.74, 6) is 0.225. The Morgan fingerprint density at radius 1 is 1.30 bits per heavy atom. The average Bonchev–Trinajstić information content (AvgIpc) is 2.68. The summed E-state index contributed by atoms with van der Waals surface area (Å²) >= 11 is 0. The van der Waals surface area contributed by atoms with Crippen LogP contribution in [0.1, 0.15) is 38.1 Å². The van der Waals surface area contributed by atoms with Crippen LogP contribution >= 0.6 is 0 Å². The third-order valence-electron chi connectivity index (χ3n) is 5.83. The van der Waals surface area contributed by atoms with Crippen molar-refractivity contribution in [3.63, 3.8) is 0 Å². The zero-order chi connectivity index (χ0) is 18.8. The lowest BCUT2D eigenvalue weighted by atomic mass is 9.84. The van der Waals surface area contributed by atoms with Gasteiger partial charge in [0.2, 0.25) is 12.2 Å². The summed E-state index contributed by atoms with van der Waals surface area (Å²) in [6.07, 6.45) is 6.19. The number of hydrogen-bond acceptors (Lipinski definition) is 5. The lowest BCUT2D eigenvalue weighted by Gasteiger charge is -2.41. The molecule has 0 saturated carbocycles. The Morgan fingerprint density at radius 3 is 2.74 bits per heavy atom. The summed E-state index contributed by atoms with van der Waals surface area (Å²) in [5, 5.41) is 6.71. The highest BCUT2D eigenvalue weighted by Crippen LogP contribution is 2.33. The number of likely N-dealkylation sites (N-methyl/N-ethyl adjacent to an activating group) is 1. The number of piperidine rings is 2. The molecule has 0 aliphatic carbocycles. The van der Waals surface area contributed by atoms with Crippen molar-refractivity contribution >= 4 is 23.3 Å². The number of rotatable bonds is 6. The fraction of sp³-hybridized carbons (Fsp3) is 0.550. The van der Waals surface area contributed by atoms with Crippen LogP contribution in [0.4, 0.5) is 5.82 Å². The van der Waals surface area contributed by atoms with Crippen molar-refractivity contribution in [2.45, 2.75) is 50.2 Å². The van der Waals surface area contributed by atoms with Gasteiger partial charge in [0, 0.05) is 31.2 Å². The minimum Gasteiger partial charge on any atom is -0.318 e. The summed E-state index contributed by atoms with van der Waals surface area (Å²) in [5.41, 5.74) is 1.45. The molecule has 2 fully saturated rings. The molecule has 27 heavy (non-hydrogen) atoms. The summed E-state index contributed by atoms with van der Waals surface area (Å²) in [6.45, 7) is 1.02. The number of nitrogens with zero attached hydrogens (tertiary/aromatic N) is 3. The molecule has 2 aromatic rings. The molecule has 2 N–H and O–H groups in total. The first-order chi connectivity index (χ1) is 13.2. The van der Waals surface area contributed by atoms with E-state index < -0.39 is 0 Å². The molecule has 0 spiro atoms. The molecule has 2 aliphatic heterocycles. The topological polar surface area (TPSA) is 79.3 Å². The van der Waals surface area contributed by atoms with Gasteiger partial charge in [-0.1, -0.05) is 18.6 Å². The average molecular weight is 369 g/mol. The maximum absolute atomic E-state index is 13.4. The largest absolute Gasteiger partial charge is 0.318 e. The maximum Gasteiger partial charge on any atom is 0.294 e. The molecule has 2 bridgehead atoms. The number of amides is 1. The van der Waals surface area contributed by atoms with Crippen LogP contribution in [-0.2, 0) is 4.79 Å². The number of anilines is 1. The van der Waals surface area contributed by atoms with Gasteiger partial charge in [-0.15, -0.1) is 0 Å². The molecule has 2 aliphatic rings. The van der Waals surface area contributed by atoms with E-state index in [1.165, 1.54) is 24.2 Å². The molecule has 2 atom stereocenters. The number of hydrogen-bond donors (Lipinski definition) is 2. The van der Waals surface area contributed by atoms with Crippen molar-refractivity contribution in [2.75, 3.05) is 25.0 Å². The molecule has 0 radical (unpaired) electrons. The van der Waals surface area contributed by atoms with Gasteiger partial charge in [0.15, 0.2) is 0 Å². The summed E-state index contributed by atoms with van der Waals surface area (Å²) in [4.78, 5) is 31.0. The summed E-state index contributed by atoms with van der Waals surface area (Å²) in [6, 6.07) is 8.82. The zero-order valence-corrected chi connectivity index (χ0v) is 15.7. The smallest absolute Gasteiger partial charge is 0.294 e. The number of fused-ring (bicyclic) bond motifs is 3. The highest BCUT2D eigenvalue weighted by molar-refractivity contribution is 5.80. The first kappa shape index (κ1) is 18.1. The quantitative estimate of drug-likeness (QED) is 0.753. The van der Waals surface area contributed by atoms with Crippen molar-refractivity contribution in [3.8, 4) is 0 Å². The minimum atomic E-state index is -0.165. The third-order valence-corrected chi connectivity index (χ3v) is 5.83. The van der Waals surface area contributed by atoms with E-state index in [0.29, 0.717) is 31.6 Å². The Labute approximate surface area is 158 Å². The van der Waals surface area contributed by atoms with Gasteiger partial charge in [-0.2, -0.15) is 0 Å². The van der Waals surface area contributed by atoms with Gasteiger partial charge in [0.05, 0.1) is 11.0 Å². The Balaban J connectivity index is 1.82. The van der Waals surface area contributed by atoms with Crippen molar-refractivity contribution in [1.29, 1.82) is 0 Å². The molecule has 7 heteroatoms. The number of carbonyl (C=O) groups is 1. The minimum absolute atomic E-state index is 0.138. The van der Waals surface area contributed by atoms with Gasteiger partial charge >= 0.3 is 0 Å². The summed E-state index contributed by atoms with van der Waals surface area (Å²) in [7, 11) is 1.82. The van der Waals surface area contributed by atoms with Crippen molar-refractivity contribution < 1.29 is 4.79 Å². The molecule has 3 heterocycles. The number of para-hydroxylation sites is 2. The van der Waals surface area contributed by atoms with E-state index in [2.05, 4.69) is 15.6 Å². The van der Waals surface area contributed by atoms with Crippen LogP contribution in [0.2, 0.25) is 0 Å². The second kappa shape index (κ2) is 7.78. The lowest BCUT2D eigenvalue weighted by molar-refractivity contribution is -0.107. The van der Waals surface area contributed by atoms with Crippen LogP contribution in [-0.4, -0.2) is 48.2 Å². The molecule has 2 unspecified atom stereocenters. The van der Waals surface area contributed by atoms with Gasteiger partial charge in [-0.05, 0) is 44.9 Å². The molecular weight excluding hydrogens is 342 g/mol. The van der Waals surface area contributed by atoms with Gasteiger partial charge in [-0.25, -0.2) is 4.98 Å². The van der Waals surface area contributed by atoms with E-state index >= 15 is 0 Å². The summed E-state index contributed by atoms with van der Waals surface area (Å²) < 4.78 is 1.90. The predicted octanol–water partition coefficient (Wildman–Crippen LogP) is 1.42. The maximum atomic E-state index is 13.4. The van der Waals surface area contributed by atoms with Gasteiger partial charge in [0.25, 0.3) is 5.56 Å². The van der Waals surface area contributed by atoms with E-state index in [1.54, 1.807) is 0 Å². The first-order valence-electron chi connectivity index (χ1n) is 9.85. The van der Waals surface area contributed by atoms with Gasteiger partial charge < -0.3 is 15.2 Å². The van der Waals surface area contributed by atoms with Gasteiger partial charge in [-0.3, -0.25) is 14.5 Å². The molecule has 7 nitrogen and oxygen atoms in total. The van der Waals surface area contributed by atoms with Crippen LogP contribution in [0.15, 0.2) is 29.1 Å². The highest BCUT2D eigenvalue weighted by Gasteiger charge is 2.33. The Bertz CT molecular complexity index is 868. The van der Waals surface area contributed by atoms with E-state index in [-0.39, 0.29) is 17.4 Å². The Morgan fingerprint density at radius 2 is 2.04 bits per heavy atom. The zero-order valence-electron chi connectivity index (χ0n) is 15.7. The number of aromatic nitrogens is 2. The van der Waals surface area contributed by atoms with Crippen molar-refractivity contribution in [2.24, 2.45) is 0 Å². The molecule has 2 saturated heterocycles. The van der Waals surface area contributed by atoms with E-state index in [4.69, 9.17) is 0 Å². The van der Waals surface area contributed by atoms with E-state index in [0.717, 1.165) is 23.9 Å². The van der Waals surface area contributed by atoms with Crippen LogP contribution in [0.3, 0.4) is 0 Å². The van der Waals surface area contributed by atoms with E-state index in [1.807, 2.05) is 35.9 Å². The van der Waals surface area contributed by atoms with Crippen molar-refractivity contribution in [3.05, 3.63) is 34.6 Å². The fourth-order valence-electron chi connectivity index (χ4n) is 4.58. The Hall–Kier alpha value is -2.25. The second-order valence-corrected chi connectivity index (χ2v) is 7.62. The standard InChI is InChI=1S/C20H27N5O2/c1-21-9-10-24(13-26)19-20(27)25(18-8-3-2-7-17(18)23-19)16-11-14-5-4-6-15(12-16)22-14/h2-3,7-8,13-16,21-22H,4-6,9-12H2,1H3. The van der Waals surface area contributed by atoms with E-state index in [9.17, 15) is 9.59 Å². The lowest BCUT2D eigenvalue weighted by Crippen LogP contribution is -2.50. The molecule has 1 amide bonds. The Kier molecular flexibility index (Phi) is 5.22. The third kappa shape index (κ3) is 3.49. The fourth-order valence-corrected chi connectivity index (χ4v) is 4.58. The second-order valence-electron chi connectivity index (χ2n) is 7.62.